The van der Waals surface area contributed by atoms with Crippen LogP contribution in [0.25, 0.3) is 0 Å². The Balaban J connectivity index is 3.31. The summed E-state index contributed by atoms with van der Waals surface area (Å²) in [5, 5.41) is -0.0296. The van der Waals surface area contributed by atoms with Crippen LogP contribution in [0.15, 0.2) is 12.1 Å². The lowest BCUT2D eigenvalue weighted by atomic mass is 9.99. The molecule has 0 aromatic heterocycles. The zero-order valence-electron chi connectivity index (χ0n) is 8.68. The van der Waals surface area contributed by atoms with Crippen LogP contribution in [0.1, 0.15) is 35.7 Å². The van der Waals surface area contributed by atoms with Gasteiger partial charge in [0.15, 0.2) is 11.6 Å². The van der Waals surface area contributed by atoms with Gasteiger partial charge in [-0.2, -0.15) is 0 Å². The number of rotatable bonds is 3. The Bertz CT molecular complexity index is 390. The number of hydrogen-bond acceptors (Lipinski definition) is 2. The van der Waals surface area contributed by atoms with Crippen molar-refractivity contribution in [1.29, 1.82) is 0 Å². The fraction of sp³-hybridized carbons (Fsp3) is 0.364. The highest BCUT2D eigenvalue weighted by atomic mass is 35.5. The van der Waals surface area contributed by atoms with Crippen molar-refractivity contribution in [1.82, 2.24) is 0 Å². The standard InChI is InChI=1S/C11H13ClFNO/c1-6(2)7-3-8(10(15)5-14)11(13)9(12)4-7/h3-4,6H,5,14H2,1-2H3. The van der Waals surface area contributed by atoms with Crippen molar-refractivity contribution in [3.63, 3.8) is 0 Å². The minimum absolute atomic E-state index is 0.0197. The van der Waals surface area contributed by atoms with E-state index in [4.69, 9.17) is 17.3 Å². The Morgan fingerprint density at radius 3 is 2.60 bits per heavy atom. The Kier molecular flexibility index (Phi) is 3.83. The van der Waals surface area contributed by atoms with Crippen LogP contribution in [-0.2, 0) is 0 Å². The second-order valence-corrected chi connectivity index (χ2v) is 4.05. The summed E-state index contributed by atoms with van der Waals surface area (Å²) >= 11 is 5.70. The largest absolute Gasteiger partial charge is 0.324 e. The van der Waals surface area contributed by atoms with E-state index in [1.807, 2.05) is 13.8 Å². The predicted molar refractivity (Wildman–Crippen MR) is 58.9 cm³/mol. The maximum absolute atomic E-state index is 13.5. The smallest absolute Gasteiger partial charge is 0.179 e. The van der Waals surface area contributed by atoms with Gasteiger partial charge in [-0.1, -0.05) is 25.4 Å². The number of benzene rings is 1. The fourth-order valence-corrected chi connectivity index (χ4v) is 1.48. The summed E-state index contributed by atoms with van der Waals surface area (Å²) < 4.78 is 13.5. The number of ketones is 1. The number of carbonyl (C=O) groups excluding carboxylic acids is 1. The minimum Gasteiger partial charge on any atom is -0.324 e. The first-order valence-electron chi connectivity index (χ1n) is 4.69. The van der Waals surface area contributed by atoms with Gasteiger partial charge in [-0.3, -0.25) is 4.79 Å². The van der Waals surface area contributed by atoms with Crippen molar-refractivity contribution in [3.05, 3.63) is 34.1 Å². The second kappa shape index (κ2) is 4.73. The van der Waals surface area contributed by atoms with E-state index in [1.165, 1.54) is 12.1 Å². The molecule has 0 fully saturated rings. The van der Waals surface area contributed by atoms with Crippen molar-refractivity contribution < 1.29 is 9.18 Å². The molecule has 0 saturated heterocycles. The van der Waals surface area contributed by atoms with Gasteiger partial charge in [-0.25, -0.2) is 4.39 Å². The quantitative estimate of drug-likeness (QED) is 0.810. The highest BCUT2D eigenvalue weighted by Gasteiger charge is 2.15. The van der Waals surface area contributed by atoms with Gasteiger partial charge in [0.1, 0.15) is 0 Å². The number of Topliss-reactive ketones (excluding diaryl/α,β-unsaturated/α-hetero) is 1. The van der Waals surface area contributed by atoms with Crippen molar-refractivity contribution in [2.45, 2.75) is 19.8 Å². The summed E-state index contributed by atoms with van der Waals surface area (Å²) in [6.07, 6.45) is 0. The zero-order chi connectivity index (χ0) is 11.6. The van der Waals surface area contributed by atoms with Crippen LogP contribution >= 0.6 is 11.6 Å². The molecule has 0 radical (unpaired) electrons. The van der Waals surface area contributed by atoms with Crippen LogP contribution in [0.2, 0.25) is 5.02 Å². The van der Waals surface area contributed by atoms with Crippen LogP contribution in [0.4, 0.5) is 4.39 Å². The van der Waals surface area contributed by atoms with Gasteiger partial charge in [-0.15, -0.1) is 0 Å². The summed E-state index contributed by atoms with van der Waals surface area (Å²) in [7, 11) is 0. The predicted octanol–water partition coefficient (Wildman–Crippen LogP) is 2.74. The van der Waals surface area contributed by atoms with Crippen LogP contribution in [0, 0.1) is 5.82 Å². The first-order chi connectivity index (χ1) is 6.97. The Hall–Kier alpha value is -0.930. The van der Waals surface area contributed by atoms with Gasteiger partial charge in [0.25, 0.3) is 0 Å². The van der Waals surface area contributed by atoms with E-state index in [0.717, 1.165) is 5.56 Å². The fourth-order valence-electron chi connectivity index (χ4n) is 1.26. The van der Waals surface area contributed by atoms with Gasteiger partial charge in [-0.05, 0) is 23.6 Å². The molecule has 0 spiro atoms. The van der Waals surface area contributed by atoms with Crippen molar-refractivity contribution in [3.8, 4) is 0 Å². The highest BCUT2D eigenvalue weighted by Crippen LogP contribution is 2.25. The maximum atomic E-state index is 13.5. The lowest BCUT2D eigenvalue weighted by Gasteiger charge is -2.09. The molecule has 0 aliphatic heterocycles. The maximum Gasteiger partial charge on any atom is 0.179 e. The Morgan fingerprint density at radius 2 is 2.13 bits per heavy atom. The van der Waals surface area contributed by atoms with Crippen LogP contribution < -0.4 is 5.73 Å². The van der Waals surface area contributed by atoms with Crippen molar-refractivity contribution in [2.75, 3.05) is 6.54 Å². The summed E-state index contributed by atoms with van der Waals surface area (Å²) in [6, 6.07) is 3.05. The van der Waals surface area contributed by atoms with Gasteiger partial charge < -0.3 is 5.73 Å². The minimum atomic E-state index is -0.684. The molecule has 0 atom stereocenters. The molecule has 82 valence electrons. The van der Waals surface area contributed by atoms with Crippen LogP contribution in [-0.4, -0.2) is 12.3 Å². The molecule has 0 amide bonds. The molecule has 1 rings (SSSR count). The van der Waals surface area contributed by atoms with Crippen molar-refractivity contribution >= 4 is 17.4 Å². The topological polar surface area (TPSA) is 43.1 Å². The molecule has 0 aliphatic rings. The normalized spacial score (nSPS) is 10.8. The molecule has 0 aliphatic carbocycles. The third kappa shape index (κ3) is 2.55. The molecule has 0 unspecified atom stereocenters. The highest BCUT2D eigenvalue weighted by molar-refractivity contribution is 6.31. The molecule has 0 saturated carbocycles. The average molecular weight is 230 g/mol. The summed E-state index contributed by atoms with van der Waals surface area (Å²) in [5.41, 5.74) is 6.00. The Labute approximate surface area is 93.2 Å². The third-order valence-corrected chi connectivity index (χ3v) is 2.48. The summed E-state index contributed by atoms with van der Waals surface area (Å²) in [4.78, 5) is 11.3. The van der Waals surface area contributed by atoms with E-state index < -0.39 is 11.6 Å². The lowest BCUT2D eigenvalue weighted by Crippen LogP contribution is -2.15. The van der Waals surface area contributed by atoms with E-state index in [-0.39, 0.29) is 23.0 Å². The van der Waals surface area contributed by atoms with E-state index in [0.29, 0.717) is 0 Å². The van der Waals surface area contributed by atoms with Gasteiger partial charge in [0.2, 0.25) is 0 Å². The van der Waals surface area contributed by atoms with Crippen LogP contribution in [0.3, 0.4) is 0 Å². The van der Waals surface area contributed by atoms with E-state index in [1.54, 1.807) is 0 Å². The average Bonchev–Trinajstić information content (AvgIpc) is 2.20. The van der Waals surface area contributed by atoms with E-state index >= 15 is 0 Å². The van der Waals surface area contributed by atoms with Crippen molar-refractivity contribution in [2.24, 2.45) is 5.73 Å². The monoisotopic (exact) mass is 229 g/mol. The van der Waals surface area contributed by atoms with E-state index in [9.17, 15) is 9.18 Å². The first kappa shape index (κ1) is 12.1. The van der Waals surface area contributed by atoms with Gasteiger partial charge >= 0.3 is 0 Å². The Morgan fingerprint density at radius 1 is 1.53 bits per heavy atom. The molecular weight excluding hydrogens is 217 g/mol. The van der Waals surface area contributed by atoms with Gasteiger partial charge in [0, 0.05) is 0 Å². The molecule has 0 bridgehead atoms. The van der Waals surface area contributed by atoms with Gasteiger partial charge in [0.05, 0.1) is 17.1 Å². The second-order valence-electron chi connectivity index (χ2n) is 3.65. The molecule has 2 nitrogen and oxygen atoms in total. The third-order valence-electron chi connectivity index (χ3n) is 2.20. The molecule has 15 heavy (non-hydrogen) atoms. The molecule has 4 heteroatoms. The molecule has 1 aromatic carbocycles. The SMILES string of the molecule is CC(C)c1cc(Cl)c(F)c(C(=O)CN)c1. The number of hydrogen-bond donors (Lipinski definition) is 1. The van der Waals surface area contributed by atoms with E-state index in [2.05, 4.69) is 0 Å². The molecule has 0 heterocycles. The number of halogens is 2. The molecular formula is C11H13ClFNO. The number of nitrogens with two attached hydrogens (primary N) is 1. The zero-order valence-corrected chi connectivity index (χ0v) is 9.44. The molecule has 2 N–H and O–H groups in total. The lowest BCUT2D eigenvalue weighted by molar-refractivity contribution is 0.0997. The molecule has 1 aromatic rings. The number of carbonyl (C=O) groups is 1. The first-order valence-corrected chi connectivity index (χ1v) is 5.07. The summed E-state index contributed by atoms with van der Waals surface area (Å²) in [5.74, 6) is -0.930. The van der Waals surface area contributed by atoms with Crippen LogP contribution in [0.5, 0.6) is 0 Å². The summed E-state index contributed by atoms with van der Waals surface area (Å²) in [6.45, 7) is 3.68.